The van der Waals surface area contributed by atoms with Crippen molar-refractivity contribution in [3.05, 3.63) is 77.6 Å². The number of aromatic carboxylic acids is 1. The van der Waals surface area contributed by atoms with E-state index in [0.29, 0.717) is 22.1 Å². The van der Waals surface area contributed by atoms with Gasteiger partial charge in [-0.05, 0) is 35.9 Å². The van der Waals surface area contributed by atoms with Crippen LogP contribution in [0.1, 0.15) is 21.9 Å². The highest BCUT2D eigenvalue weighted by Crippen LogP contribution is 2.32. The molecule has 1 aromatic carbocycles. The topological polar surface area (TPSA) is 63.3 Å². The molecule has 0 saturated carbocycles. The minimum atomic E-state index is -1.13. The smallest absolute Gasteiger partial charge is 0.373 e. The molecule has 0 amide bonds. The number of carboxylic acids is 1. The van der Waals surface area contributed by atoms with Gasteiger partial charge in [0.05, 0.1) is 4.90 Å². The van der Waals surface area contributed by atoms with Crippen LogP contribution in [0.5, 0.6) is 0 Å². The molecule has 6 heteroatoms. The maximum atomic E-state index is 12.9. The molecule has 0 bridgehead atoms. The fourth-order valence-corrected chi connectivity index (χ4v) is 2.96. The fourth-order valence-electron chi connectivity index (χ4n) is 2.06. The molecule has 3 rings (SSSR count). The van der Waals surface area contributed by atoms with Crippen LogP contribution in [-0.2, 0) is 6.42 Å². The molecule has 0 aliphatic heterocycles. The number of pyridine rings is 1. The van der Waals surface area contributed by atoms with Crippen LogP contribution in [0.3, 0.4) is 0 Å². The molecule has 4 nitrogen and oxygen atoms in total. The molecule has 0 fully saturated rings. The zero-order valence-electron chi connectivity index (χ0n) is 11.9. The van der Waals surface area contributed by atoms with Gasteiger partial charge < -0.3 is 9.52 Å². The van der Waals surface area contributed by atoms with E-state index in [1.165, 1.54) is 23.9 Å². The Bertz CT molecular complexity index is 816. The Hall–Kier alpha value is -2.60. The van der Waals surface area contributed by atoms with Crippen molar-refractivity contribution in [2.24, 2.45) is 0 Å². The highest BCUT2D eigenvalue weighted by Gasteiger charge is 2.19. The average molecular weight is 329 g/mol. The summed E-state index contributed by atoms with van der Waals surface area (Å²) in [5.74, 6) is -1.05. The van der Waals surface area contributed by atoms with Gasteiger partial charge in [-0.1, -0.05) is 30.0 Å². The van der Waals surface area contributed by atoms with Crippen LogP contribution in [0.15, 0.2) is 69.1 Å². The van der Waals surface area contributed by atoms with Crippen LogP contribution in [0, 0.1) is 5.82 Å². The van der Waals surface area contributed by atoms with Crippen molar-refractivity contribution < 1.29 is 18.7 Å². The second kappa shape index (κ2) is 6.66. The van der Waals surface area contributed by atoms with Gasteiger partial charge in [-0.3, -0.25) is 0 Å². The van der Waals surface area contributed by atoms with Crippen LogP contribution in [-0.4, -0.2) is 16.1 Å². The van der Waals surface area contributed by atoms with E-state index in [-0.39, 0.29) is 11.6 Å². The van der Waals surface area contributed by atoms with Gasteiger partial charge in [-0.2, -0.15) is 0 Å². The summed E-state index contributed by atoms with van der Waals surface area (Å²) in [6.45, 7) is 0. The van der Waals surface area contributed by atoms with Crippen molar-refractivity contribution in [2.75, 3.05) is 0 Å². The third-order valence-corrected chi connectivity index (χ3v) is 4.06. The number of rotatable bonds is 5. The molecular formula is C17H12FNO3S. The zero-order chi connectivity index (χ0) is 16.2. The molecule has 116 valence electrons. The van der Waals surface area contributed by atoms with Gasteiger partial charge in [0.1, 0.15) is 16.6 Å². The van der Waals surface area contributed by atoms with Gasteiger partial charge in [-0.25, -0.2) is 14.2 Å². The first kappa shape index (κ1) is 15.3. The summed E-state index contributed by atoms with van der Waals surface area (Å²) >= 11 is 1.23. The summed E-state index contributed by atoms with van der Waals surface area (Å²) in [6, 6.07) is 13.1. The van der Waals surface area contributed by atoms with E-state index in [9.17, 15) is 14.3 Å². The number of nitrogens with zero attached hydrogens (tertiary/aromatic N) is 1. The number of aromatic nitrogens is 1. The lowest BCUT2D eigenvalue weighted by Gasteiger charge is -1.97. The lowest BCUT2D eigenvalue weighted by molar-refractivity contribution is 0.0655. The Balaban J connectivity index is 1.86. The minimum absolute atomic E-state index is 0.113. The third-order valence-electron chi connectivity index (χ3n) is 3.09. The zero-order valence-corrected chi connectivity index (χ0v) is 12.7. The SMILES string of the molecule is O=C(O)c1oc(Cc2ccc(F)cc2)cc1Sc1ccccn1. The van der Waals surface area contributed by atoms with E-state index in [0.717, 1.165) is 5.56 Å². The number of furan rings is 1. The number of carbonyl (C=O) groups is 1. The Morgan fingerprint density at radius 1 is 1.22 bits per heavy atom. The molecule has 0 aliphatic rings. The van der Waals surface area contributed by atoms with Gasteiger partial charge in [-0.15, -0.1) is 0 Å². The largest absolute Gasteiger partial charge is 0.475 e. The molecule has 2 aromatic heterocycles. The second-order valence-corrected chi connectivity index (χ2v) is 5.85. The molecule has 0 saturated heterocycles. The Labute approximate surface area is 136 Å². The Morgan fingerprint density at radius 3 is 2.65 bits per heavy atom. The van der Waals surface area contributed by atoms with E-state index >= 15 is 0 Å². The number of hydrogen-bond acceptors (Lipinski definition) is 4. The molecule has 0 unspecified atom stereocenters. The molecule has 0 aliphatic carbocycles. The number of halogens is 1. The summed E-state index contributed by atoms with van der Waals surface area (Å²) < 4.78 is 18.4. The first-order valence-corrected chi connectivity index (χ1v) is 7.63. The van der Waals surface area contributed by atoms with Gasteiger partial charge in [0, 0.05) is 12.6 Å². The van der Waals surface area contributed by atoms with Gasteiger partial charge in [0.25, 0.3) is 0 Å². The standard InChI is InChI=1S/C17H12FNO3S/c18-12-6-4-11(5-7-12)9-13-10-14(16(22-13)17(20)21)23-15-3-1-2-8-19-15/h1-8,10H,9H2,(H,20,21). The maximum absolute atomic E-state index is 12.9. The summed E-state index contributed by atoms with van der Waals surface area (Å²) in [6.07, 6.45) is 2.03. The van der Waals surface area contributed by atoms with Crippen molar-refractivity contribution in [1.82, 2.24) is 4.98 Å². The van der Waals surface area contributed by atoms with Crippen molar-refractivity contribution in [3.63, 3.8) is 0 Å². The highest BCUT2D eigenvalue weighted by atomic mass is 32.2. The summed E-state index contributed by atoms with van der Waals surface area (Å²) in [4.78, 5) is 16.0. The average Bonchev–Trinajstić information content (AvgIpc) is 2.93. The van der Waals surface area contributed by atoms with Crippen molar-refractivity contribution in [2.45, 2.75) is 16.3 Å². The molecule has 3 aromatic rings. The van der Waals surface area contributed by atoms with Crippen LogP contribution in [0.4, 0.5) is 4.39 Å². The number of benzene rings is 1. The quantitative estimate of drug-likeness (QED) is 0.758. The van der Waals surface area contributed by atoms with Crippen LogP contribution < -0.4 is 0 Å². The van der Waals surface area contributed by atoms with E-state index < -0.39 is 5.97 Å². The first-order valence-electron chi connectivity index (χ1n) is 6.81. The summed E-state index contributed by atoms with van der Waals surface area (Å²) in [5, 5.41) is 9.97. The van der Waals surface area contributed by atoms with Crippen molar-refractivity contribution in [1.29, 1.82) is 0 Å². The molecule has 0 spiro atoms. The maximum Gasteiger partial charge on any atom is 0.373 e. The molecular weight excluding hydrogens is 317 g/mol. The molecule has 23 heavy (non-hydrogen) atoms. The van der Waals surface area contributed by atoms with Crippen LogP contribution >= 0.6 is 11.8 Å². The van der Waals surface area contributed by atoms with E-state index in [1.807, 2.05) is 6.07 Å². The fraction of sp³-hybridized carbons (Fsp3) is 0.0588. The number of hydrogen-bond donors (Lipinski definition) is 1. The monoisotopic (exact) mass is 329 g/mol. The van der Waals surface area contributed by atoms with Crippen molar-refractivity contribution >= 4 is 17.7 Å². The predicted octanol–water partition coefficient (Wildman–Crippen LogP) is 4.25. The minimum Gasteiger partial charge on any atom is -0.475 e. The van der Waals surface area contributed by atoms with Crippen LogP contribution in [0.2, 0.25) is 0 Å². The number of carboxylic acid groups (broad SMARTS) is 1. The normalized spacial score (nSPS) is 10.7. The molecule has 2 heterocycles. The molecule has 0 radical (unpaired) electrons. The van der Waals surface area contributed by atoms with E-state index in [1.54, 1.807) is 36.5 Å². The summed E-state index contributed by atoms with van der Waals surface area (Å²) in [7, 11) is 0. The van der Waals surface area contributed by atoms with Crippen molar-refractivity contribution in [3.8, 4) is 0 Å². The first-order chi connectivity index (χ1) is 11.1. The van der Waals surface area contributed by atoms with Gasteiger partial charge in [0.15, 0.2) is 0 Å². The molecule has 0 atom stereocenters. The second-order valence-electron chi connectivity index (χ2n) is 4.78. The van der Waals surface area contributed by atoms with Gasteiger partial charge >= 0.3 is 5.97 Å². The lowest BCUT2D eigenvalue weighted by Crippen LogP contribution is -1.95. The lowest BCUT2D eigenvalue weighted by atomic mass is 10.1. The van der Waals surface area contributed by atoms with Gasteiger partial charge in [0.2, 0.25) is 5.76 Å². The van der Waals surface area contributed by atoms with Crippen LogP contribution in [0.25, 0.3) is 0 Å². The predicted molar refractivity (Wildman–Crippen MR) is 83.2 cm³/mol. The van der Waals surface area contributed by atoms with E-state index in [2.05, 4.69) is 4.98 Å². The summed E-state index contributed by atoms with van der Waals surface area (Å²) in [5.41, 5.74) is 0.839. The Morgan fingerprint density at radius 2 is 2.00 bits per heavy atom. The molecule has 1 N–H and O–H groups in total. The van der Waals surface area contributed by atoms with E-state index in [4.69, 9.17) is 4.42 Å². The highest BCUT2D eigenvalue weighted by molar-refractivity contribution is 7.99. The Kier molecular flexibility index (Phi) is 4.43. The third kappa shape index (κ3) is 3.78.